The fourth-order valence-corrected chi connectivity index (χ4v) is 3.67. The van der Waals surface area contributed by atoms with E-state index in [4.69, 9.17) is 10.5 Å². The van der Waals surface area contributed by atoms with Crippen LogP contribution >= 0.6 is 15.9 Å². The van der Waals surface area contributed by atoms with E-state index in [1.165, 1.54) is 25.1 Å². The van der Waals surface area contributed by atoms with Crippen LogP contribution in [0.15, 0.2) is 22.7 Å². The average Bonchev–Trinajstić information content (AvgIpc) is 2.87. The van der Waals surface area contributed by atoms with Crippen molar-refractivity contribution in [3.05, 3.63) is 28.2 Å². The van der Waals surface area contributed by atoms with Crippen molar-refractivity contribution in [2.45, 2.75) is 12.5 Å². The van der Waals surface area contributed by atoms with Crippen molar-refractivity contribution in [1.29, 1.82) is 0 Å². The number of benzene rings is 1. The van der Waals surface area contributed by atoms with Crippen molar-refractivity contribution in [2.24, 2.45) is 11.7 Å². The van der Waals surface area contributed by atoms with Gasteiger partial charge < -0.3 is 15.4 Å². The van der Waals surface area contributed by atoms with E-state index in [-0.39, 0.29) is 6.04 Å². The summed E-state index contributed by atoms with van der Waals surface area (Å²) < 4.78 is 6.44. The monoisotopic (exact) mass is 355 g/mol. The molecule has 0 radical (unpaired) electrons. The van der Waals surface area contributed by atoms with Crippen LogP contribution in [0.3, 0.4) is 0 Å². The summed E-state index contributed by atoms with van der Waals surface area (Å²) in [5, 5.41) is 0. The van der Waals surface area contributed by atoms with Gasteiger partial charge in [-0.05, 0) is 56.7 Å². The number of nitrogens with two attached hydrogens (primary N) is 1. The van der Waals surface area contributed by atoms with Crippen molar-refractivity contribution in [2.75, 3.05) is 47.4 Å². The smallest absolute Gasteiger partial charge is 0.119 e. The van der Waals surface area contributed by atoms with Crippen molar-refractivity contribution < 1.29 is 4.74 Å². The molecule has 1 heterocycles. The molecule has 1 aromatic carbocycles. The number of ether oxygens (including phenoxy) is 1. The van der Waals surface area contributed by atoms with E-state index in [0.717, 1.165) is 22.7 Å². The zero-order chi connectivity index (χ0) is 15.4. The van der Waals surface area contributed by atoms with Gasteiger partial charge in [0.05, 0.1) is 7.11 Å². The first-order valence-electron chi connectivity index (χ1n) is 7.47. The fourth-order valence-electron chi connectivity index (χ4n) is 3.16. The molecule has 1 fully saturated rings. The summed E-state index contributed by atoms with van der Waals surface area (Å²) in [5.41, 5.74) is 7.25. The lowest BCUT2D eigenvalue weighted by Crippen LogP contribution is -2.35. The van der Waals surface area contributed by atoms with Crippen molar-refractivity contribution >= 4 is 15.9 Å². The molecule has 2 rings (SSSR count). The van der Waals surface area contributed by atoms with Crippen LogP contribution in [0.25, 0.3) is 0 Å². The molecular weight excluding hydrogens is 330 g/mol. The van der Waals surface area contributed by atoms with Crippen LogP contribution in [0.2, 0.25) is 0 Å². The van der Waals surface area contributed by atoms with Gasteiger partial charge in [-0.1, -0.05) is 15.9 Å². The van der Waals surface area contributed by atoms with E-state index in [2.05, 4.69) is 45.9 Å². The van der Waals surface area contributed by atoms with Gasteiger partial charge in [-0.2, -0.15) is 0 Å². The largest absolute Gasteiger partial charge is 0.497 e. The minimum atomic E-state index is 0.209. The van der Waals surface area contributed by atoms with Gasteiger partial charge in [-0.25, -0.2) is 0 Å². The number of nitrogens with zero attached hydrogens (tertiary/aromatic N) is 2. The summed E-state index contributed by atoms with van der Waals surface area (Å²) in [6.07, 6.45) is 1.28. The Hall–Kier alpha value is -0.620. The van der Waals surface area contributed by atoms with Crippen molar-refractivity contribution in [3.63, 3.8) is 0 Å². The lowest BCUT2D eigenvalue weighted by atomic mass is 10.0. The average molecular weight is 356 g/mol. The second kappa shape index (κ2) is 7.58. The third kappa shape index (κ3) is 4.19. The van der Waals surface area contributed by atoms with E-state index >= 15 is 0 Å². The van der Waals surface area contributed by atoms with Crippen molar-refractivity contribution in [3.8, 4) is 5.75 Å². The van der Waals surface area contributed by atoms with Gasteiger partial charge in [0.15, 0.2) is 0 Å². The molecule has 0 bridgehead atoms. The number of methoxy groups -OCH3 is 1. The maximum atomic E-state index is 6.05. The van der Waals surface area contributed by atoms with Crippen LogP contribution in [-0.4, -0.2) is 57.2 Å². The number of hydrogen-bond donors (Lipinski definition) is 1. The Balaban J connectivity index is 2.11. The molecule has 1 saturated heterocycles. The summed E-state index contributed by atoms with van der Waals surface area (Å²) in [7, 11) is 6.06. The highest BCUT2D eigenvalue weighted by atomic mass is 79.9. The number of rotatable bonds is 6. The van der Waals surface area contributed by atoms with Crippen LogP contribution < -0.4 is 10.5 Å². The van der Waals surface area contributed by atoms with Gasteiger partial charge in [-0.3, -0.25) is 4.90 Å². The maximum Gasteiger partial charge on any atom is 0.119 e. The molecule has 118 valence electrons. The van der Waals surface area contributed by atoms with Gasteiger partial charge in [0.2, 0.25) is 0 Å². The minimum Gasteiger partial charge on any atom is -0.497 e. The van der Waals surface area contributed by atoms with Crippen LogP contribution in [-0.2, 0) is 0 Å². The maximum absolute atomic E-state index is 6.05. The number of likely N-dealkylation sites (tertiary alicyclic amines) is 1. The molecule has 1 aliphatic rings. The molecule has 4 nitrogen and oxygen atoms in total. The highest BCUT2D eigenvalue weighted by molar-refractivity contribution is 9.10. The molecule has 0 aromatic heterocycles. The molecule has 0 spiro atoms. The molecule has 2 atom stereocenters. The highest BCUT2D eigenvalue weighted by Crippen LogP contribution is 2.31. The number of halogens is 1. The minimum absolute atomic E-state index is 0.209. The fraction of sp³-hybridized carbons (Fsp3) is 0.625. The van der Waals surface area contributed by atoms with E-state index in [0.29, 0.717) is 6.54 Å². The summed E-state index contributed by atoms with van der Waals surface area (Å²) in [6.45, 7) is 4.07. The molecule has 1 aromatic rings. The SMILES string of the molecule is COc1ccc(Br)c(C(CN)N(C)CC2CCN(C)C2)c1. The third-order valence-corrected chi connectivity index (χ3v) is 5.07. The molecule has 0 aliphatic carbocycles. The standard InChI is InChI=1S/C16H26BrN3O/c1-19-7-6-12(10-19)11-20(2)16(9-18)14-8-13(21-3)4-5-15(14)17/h4-5,8,12,16H,6-7,9-11,18H2,1-3H3. The van der Waals surface area contributed by atoms with E-state index in [1.807, 2.05) is 12.1 Å². The zero-order valence-electron chi connectivity index (χ0n) is 13.2. The lowest BCUT2D eigenvalue weighted by molar-refractivity contribution is 0.211. The normalized spacial score (nSPS) is 21.0. The molecule has 21 heavy (non-hydrogen) atoms. The first-order chi connectivity index (χ1) is 10.0. The Bertz CT molecular complexity index is 469. The lowest BCUT2D eigenvalue weighted by Gasteiger charge is -2.30. The summed E-state index contributed by atoms with van der Waals surface area (Å²) in [4.78, 5) is 4.78. The summed E-state index contributed by atoms with van der Waals surface area (Å²) in [6, 6.07) is 6.29. The Morgan fingerprint density at radius 3 is 2.86 bits per heavy atom. The Morgan fingerprint density at radius 1 is 1.52 bits per heavy atom. The third-order valence-electron chi connectivity index (χ3n) is 4.35. The molecule has 5 heteroatoms. The molecule has 1 aliphatic heterocycles. The molecule has 0 saturated carbocycles. The Kier molecular flexibility index (Phi) is 6.05. The first-order valence-corrected chi connectivity index (χ1v) is 8.26. The molecular formula is C16H26BrN3O. The van der Waals surface area contributed by atoms with Crippen LogP contribution in [0.1, 0.15) is 18.0 Å². The van der Waals surface area contributed by atoms with Gasteiger partial charge in [0, 0.05) is 30.1 Å². The van der Waals surface area contributed by atoms with Gasteiger partial charge >= 0.3 is 0 Å². The summed E-state index contributed by atoms with van der Waals surface area (Å²) >= 11 is 3.65. The van der Waals surface area contributed by atoms with Crippen LogP contribution in [0.4, 0.5) is 0 Å². The number of likely N-dealkylation sites (N-methyl/N-ethyl adjacent to an activating group) is 1. The topological polar surface area (TPSA) is 41.7 Å². The summed E-state index contributed by atoms with van der Waals surface area (Å²) in [5.74, 6) is 1.61. The van der Waals surface area contributed by atoms with E-state index in [9.17, 15) is 0 Å². The number of hydrogen-bond acceptors (Lipinski definition) is 4. The zero-order valence-corrected chi connectivity index (χ0v) is 14.8. The highest BCUT2D eigenvalue weighted by Gasteiger charge is 2.25. The van der Waals surface area contributed by atoms with E-state index in [1.54, 1.807) is 7.11 Å². The van der Waals surface area contributed by atoms with Gasteiger partial charge in [0.1, 0.15) is 5.75 Å². The Labute approximate surface area is 136 Å². The molecule has 2 N–H and O–H groups in total. The first kappa shape index (κ1) is 16.7. The van der Waals surface area contributed by atoms with Crippen molar-refractivity contribution in [1.82, 2.24) is 9.80 Å². The van der Waals surface area contributed by atoms with Crippen LogP contribution in [0.5, 0.6) is 5.75 Å². The van der Waals surface area contributed by atoms with E-state index < -0.39 is 0 Å². The van der Waals surface area contributed by atoms with Gasteiger partial charge in [-0.15, -0.1) is 0 Å². The predicted octanol–water partition coefficient (Wildman–Crippen LogP) is 2.34. The van der Waals surface area contributed by atoms with Crippen LogP contribution in [0, 0.1) is 5.92 Å². The molecule has 2 unspecified atom stereocenters. The Morgan fingerprint density at radius 2 is 2.29 bits per heavy atom. The quantitative estimate of drug-likeness (QED) is 0.850. The second-order valence-electron chi connectivity index (χ2n) is 6.00. The van der Waals surface area contributed by atoms with Gasteiger partial charge in [0.25, 0.3) is 0 Å². The molecule has 0 amide bonds. The predicted molar refractivity (Wildman–Crippen MR) is 90.7 cm³/mol. The second-order valence-corrected chi connectivity index (χ2v) is 6.85.